The van der Waals surface area contributed by atoms with E-state index in [0.717, 1.165) is 44.4 Å². The molecule has 0 aliphatic carbocycles. The summed E-state index contributed by atoms with van der Waals surface area (Å²) in [5, 5.41) is 27.1. The maximum atomic E-state index is 10.3. The van der Waals surface area contributed by atoms with Crippen molar-refractivity contribution >= 4 is 50.4 Å². The lowest BCUT2D eigenvalue weighted by Crippen LogP contribution is -2.52. The SMILES string of the molecule is C[Si](C)(C)O[Si](C)(CCCOCC(O)CNCCCNCC(O)COCCC[Si](C)(O[Si](C)(C)C)O[Si](C)(C)C)O[Si](C)(C)C. The predicted molar refractivity (Wildman–Crippen MR) is 204 cm³/mol. The molecule has 0 radical (unpaired) electrons. The number of hydrogen-bond acceptors (Lipinski definition) is 10. The van der Waals surface area contributed by atoms with Gasteiger partial charge < -0.3 is 46.8 Å². The molecule has 2 atom stereocenters. The standard InChI is InChI=1S/C29H74N2O8Si6/c1-40(2,3)36-44(13,37-41(4,5)6)22-16-20-34-26-28(32)24-30-18-15-19-31-25-29(33)27-35-21-17-23-45(14,38-42(7,8)9)39-43(10,11)12/h28-33H,15-27H2,1-14H3. The van der Waals surface area contributed by atoms with Gasteiger partial charge in [-0.15, -0.1) is 0 Å². The monoisotopic (exact) mass is 746 g/mol. The van der Waals surface area contributed by atoms with Gasteiger partial charge in [0.1, 0.15) is 0 Å². The molecule has 0 saturated carbocycles. The van der Waals surface area contributed by atoms with Crippen LogP contribution in [0.5, 0.6) is 0 Å². The molecule has 45 heavy (non-hydrogen) atoms. The summed E-state index contributed by atoms with van der Waals surface area (Å²) >= 11 is 0. The minimum Gasteiger partial charge on any atom is -0.437 e. The first-order chi connectivity index (χ1) is 20.3. The fourth-order valence-electron chi connectivity index (χ4n) is 5.26. The average molecular weight is 747 g/mol. The van der Waals surface area contributed by atoms with Crippen molar-refractivity contribution in [3.05, 3.63) is 0 Å². The van der Waals surface area contributed by atoms with Crippen molar-refractivity contribution in [1.82, 2.24) is 10.6 Å². The van der Waals surface area contributed by atoms with Crippen LogP contribution in [0.25, 0.3) is 0 Å². The topological polar surface area (TPSA) is 120 Å². The van der Waals surface area contributed by atoms with Crippen molar-refractivity contribution in [2.45, 2.75) is 135 Å². The Balaban J connectivity index is 3.99. The minimum absolute atomic E-state index is 0.317. The molecule has 0 saturated heterocycles. The van der Waals surface area contributed by atoms with Crippen molar-refractivity contribution in [1.29, 1.82) is 0 Å². The van der Waals surface area contributed by atoms with Gasteiger partial charge in [-0.25, -0.2) is 0 Å². The van der Waals surface area contributed by atoms with Gasteiger partial charge in [-0.05, 0) is 136 Å². The van der Waals surface area contributed by atoms with Crippen molar-refractivity contribution in [3.63, 3.8) is 0 Å². The summed E-state index contributed by atoms with van der Waals surface area (Å²) in [6, 6.07) is 1.82. The maximum absolute atomic E-state index is 10.3. The third kappa shape index (κ3) is 29.5. The zero-order valence-electron chi connectivity index (χ0n) is 31.7. The Bertz CT molecular complexity index is 682. The summed E-state index contributed by atoms with van der Waals surface area (Å²) in [4.78, 5) is 0. The lowest BCUT2D eigenvalue weighted by atomic mass is 10.3. The van der Waals surface area contributed by atoms with Crippen LogP contribution in [0.15, 0.2) is 0 Å². The highest BCUT2D eigenvalue weighted by Gasteiger charge is 2.40. The highest BCUT2D eigenvalue weighted by atomic mass is 28.5. The second-order valence-corrected chi connectivity index (χ2v) is 42.3. The first-order valence-electron chi connectivity index (χ1n) is 17.1. The number of aliphatic hydroxyl groups is 2. The van der Waals surface area contributed by atoms with E-state index in [0.29, 0.717) is 39.5 Å². The first kappa shape index (κ1) is 45.9. The van der Waals surface area contributed by atoms with Gasteiger partial charge in [0.25, 0.3) is 0 Å². The van der Waals surface area contributed by atoms with Crippen LogP contribution in [-0.2, 0) is 25.9 Å². The lowest BCUT2D eigenvalue weighted by Gasteiger charge is -2.38. The lowest BCUT2D eigenvalue weighted by molar-refractivity contribution is 0.0362. The summed E-state index contributed by atoms with van der Waals surface area (Å²) in [7, 11) is -11.3. The molecular formula is C29H74N2O8Si6. The van der Waals surface area contributed by atoms with E-state index in [1.807, 2.05) is 0 Å². The number of aliphatic hydroxyl groups excluding tert-OH is 2. The van der Waals surface area contributed by atoms with Crippen LogP contribution in [0.4, 0.5) is 0 Å². The van der Waals surface area contributed by atoms with Gasteiger partial charge in [0.05, 0.1) is 25.4 Å². The molecule has 0 spiro atoms. The number of ether oxygens (including phenoxy) is 2. The Morgan fingerprint density at radius 2 is 0.756 bits per heavy atom. The largest absolute Gasteiger partial charge is 0.437 e. The molecule has 0 aliphatic rings. The second-order valence-electron chi connectivity index (χ2n) is 16.6. The smallest absolute Gasteiger partial charge is 0.314 e. The van der Waals surface area contributed by atoms with Crippen LogP contribution in [0.1, 0.15) is 19.3 Å². The molecule has 4 N–H and O–H groups in total. The van der Waals surface area contributed by atoms with Gasteiger partial charge in [-0.2, -0.15) is 0 Å². The molecule has 0 rings (SSSR count). The quantitative estimate of drug-likeness (QED) is 0.0592. The third-order valence-electron chi connectivity index (χ3n) is 6.01. The Hall–Kier alpha value is 0.901. The number of nitrogens with one attached hydrogen (secondary N) is 2. The molecule has 16 heteroatoms. The van der Waals surface area contributed by atoms with Gasteiger partial charge in [0.2, 0.25) is 0 Å². The Labute approximate surface area is 284 Å². The van der Waals surface area contributed by atoms with E-state index in [1.165, 1.54) is 0 Å². The van der Waals surface area contributed by atoms with Gasteiger partial charge in [-0.3, -0.25) is 0 Å². The Morgan fingerprint density at radius 1 is 0.467 bits per heavy atom. The van der Waals surface area contributed by atoms with E-state index in [9.17, 15) is 10.2 Å². The zero-order valence-corrected chi connectivity index (χ0v) is 37.7. The van der Waals surface area contributed by atoms with Gasteiger partial charge in [-0.1, -0.05) is 0 Å². The molecule has 0 heterocycles. The molecule has 0 aromatic carbocycles. The van der Waals surface area contributed by atoms with Gasteiger partial charge in [0, 0.05) is 26.3 Å². The average Bonchev–Trinajstić information content (AvgIpc) is 2.77. The molecule has 0 aliphatic heterocycles. The van der Waals surface area contributed by atoms with E-state index < -0.39 is 62.6 Å². The van der Waals surface area contributed by atoms with Crippen molar-refractivity contribution in [3.8, 4) is 0 Å². The van der Waals surface area contributed by atoms with E-state index in [-0.39, 0.29) is 0 Å². The zero-order chi connectivity index (χ0) is 35.0. The summed E-state index contributed by atoms with van der Waals surface area (Å²) in [5.41, 5.74) is 0. The summed E-state index contributed by atoms with van der Waals surface area (Å²) in [6.45, 7) is 35.4. The number of hydrogen-bond donors (Lipinski definition) is 4. The van der Waals surface area contributed by atoms with Crippen LogP contribution in [0.2, 0.25) is 104 Å². The normalized spacial score (nSPS) is 15.5. The van der Waals surface area contributed by atoms with Crippen LogP contribution < -0.4 is 10.6 Å². The molecule has 272 valence electrons. The summed E-state index contributed by atoms with van der Waals surface area (Å²) in [5.74, 6) is 0. The molecule has 0 aromatic heterocycles. The fraction of sp³-hybridized carbons (Fsp3) is 1.00. The molecule has 0 bridgehead atoms. The molecule has 0 fully saturated rings. The molecular weight excluding hydrogens is 673 g/mol. The maximum Gasteiger partial charge on any atom is 0.314 e. The minimum atomic E-state index is -2.24. The van der Waals surface area contributed by atoms with Crippen LogP contribution >= 0.6 is 0 Å². The Kier molecular flexibility index (Phi) is 21.6. The number of rotatable bonds is 28. The van der Waals surface area contributed by atoms with Crippen molar-refractivity contribution in [2.75, 3.05) is 52.6 Å². The van der Waals surface area contributed by atoms with Crippen LogP contribution in [0.3, 0.4) is 0 Å². The molecule has 0 aromatic rings. The van der Waals surface area contributed by atoms with Crippen molar-refractivity contribution in [2.24, 2.45) is 0 Å². The van der Waals surface area contributed by atoms with E-state index in [1.54, 1.807) is 0 Å². The third-order valence-corrected chi connectivity index (χ3v) is 25.2. The summed E-state index contributed by atoms with van der Waals surface area (Å²) < 4.78 is 37.7. The first-order valence-corrected chi connectivity index (χ1v) is 35.7. The van der Waals surface area contributed by atoms with Gasteiger partial charge in [0.15, 0.2) is 33.3 Å². The Morgan fingerprint density at radius 3 is 1.02 bits per heavy atom. The van der Waals surface area contributed by atoms with Gasteiger partial charge >= 0.3 is 17.1 Å². The van der Waals surface area contributed by atoms with E-state index >= 15 is 0 Å². The highest BCUT2D eigenvalue weighted by Crippen LogP contribution is 2.26. The summed E-state index contributed by atoms with van der Waals surface area (Å²) in [6.07, 6.45) is 1.57. The van der Waals surface area contributed by atoms with Crippen LogP contribution in [0, 0.1) is 0 Å². The molecule has 0 amide bonds. The van der Waals surface area contributed by atoms with E-state index in [2.05, 4.69) is 102 Å². The second kappa shape index (κ2) is 21.2. The molecule has 10 nitrogen and oxygen atoms in total. The molecule has 2 unspecified atom stereocenters. The predicted octanol–water partition coefficient (Wildman–Crippen LogP) is 5.64. The van der Waals surface area contributed by atoms with E-state index in [4.69, 9.17) is 25.9 Å². The van der Waals surface area contributed by atoms with Crippen molar-refractivity contribution < 1.29 is 36.1 Å². The highest BCUT2D eigenvalue weighted by molar-refractivity contribution is 6.88. The van der Waals surface area contributed by atoms with Crippen LogP contribution in [-0.4, -0.2) is 125 Å². The fourth-order valence-corrected chi connectivity index (χ4v) is 30.3.